The molecule has 1 N–H and O–H groups in total. The van der Waals surface area contributed by atoms with Crippen molar-refractivity contribution in [1.29, 1.82) is 0 Å². The highest BCUT2D eigenvalue weighted by Gasteiger charge is 2.28. The number of methoxy groups -OCH3 is 1. The number of nitrogens with zero attached hydrogens (tertiary/aromatic N) is 1. The van der Waals surface area contributed by atoms with Crippen molar-refractivity contribution >= 4 is 40.1 Å². The van der Waals surface area contributed by atoms with Crippen LogP contribution in [0.25, 0.3) is 0 Å². The Morgan fingerprint density at radius 2 is 2.29 bits per heavy atom. The number of fused-ring (bicyclic) bond motifs is 1. The van der Waals surface area contributed by atoms with Crippen LogP contribution in [0.5, 0.6) is 5.75 Å². The first-order valence-electron chi connectivity index (χ1n) is 7.54. The number of rotatable bonds is 3. The van der Waals surface area contributed by atoms with E-state index >= 15 is 0 Å². The van der Waals surface area contributed by atoms with Gasteiger partial charge in [-0.3, -0.25) is 0 Å². The van der Waals surface area contributed by atoms with Crippen molar-refractivity contribution in [1.82, 2.24) is 0 Å². The van der Waals surface area contributed by atoms with E-state index in [9.17, 15) is 9.90 Å². The van der Waals surface area contributed by atoms with E-state index < -0.39 is 0 Å². The van der Waals surface area contributed by atoms with Crippen LogP contribution in [-0.2, 0) is 17.7 Å². The van der Waals surface area contributed by atoms with Gasteiger partial charge in [-0.2, -0.15) is 0 Å². The Hall–Kier alpha value is -1.89. The monoisotopic (exact) mass is 364 g/mol. The molecule has 1 aliphatic heterocycles. The van der Waals surface area contributed by atoms with Crippen molar-refractivity contribution in [2.24, 2.45) is 4.99 Å². The third-order valence-corrected chi connectivity index (χ3v) is 5.39. The molecule has 7 heteroatoms. The standard InChI is InChI=1S/C17H17ClN2O3S/c1-20-6-5-12-14(9-20)24-16(15(12)17(22)23-2)19-8-10-7-11(18)3-4-13(10)21/h3-4,7-8,21H,5-6,9H2,1-2H3. The highest BCUT2D eigenvalue weighted by molar-refractivity contribution is 7.16. The average Bonchev–Trinajstić information content (AvgIpc) is 2.92. The topological polar surface area (TPSA) is 66.2 Å². The fourth-order valence-electron chi connectivity index (χ4n) is 2.76. The third-order valence-electron chi connectivity index (χ3n) is 4.02. The summed E-state index contributed by atoms with van der Waals surface area (Å²) in [6.45, 7) is 1.83. The molecule has 0 saturated carbocycles. The molecule has 2 aromatic rings. The van der Waals surface area contributed by atoms with Crippen molar-refractivity contribution in [2.75, 3.05) is 20.7 Å². The van der Waals surface area contributed by atoms with Crippen molar-refractivity contribution in [3.8, 4) is 5.75 Å². The Morgan fingerprint density at radius 1 is 1.50 bits per heavy atom. The van der Waals surface area contributed by atoms with E-state index in [-0.39, 0.29) is 11.7 Å². The number of carbonyl (C=O) groups excluding carboxylic acids is 1. The summed E-state index contributed by atoms with van der Waals surface area (Å²) in [7, 11) is 3.49. The number of nitrogens with one attached hydrogen (secondary N) is 1. The lowest BCUT2D eigenvalue weighted by molar-refractivity contribution is -0.895. The number of benzene rings is 1. The quantitative estimate of drug-likeness (QED) is 0.664. The number of esters is 1. The molecule has 1 atom stereocenters. The zero-order valence-corrected chi connectivity index (χ0v) is 15.0. The minimum Gasteiger partial charge on any atom is -0.872 e. The van der Waals surface area contributed by atoms with Crippen LogP contribution in [0.4, 0.5) is 5.00 Å². The maximum Gasteiger partial charge on any atom is 0.341 e. The summed E-state index contributed by atoms with van der Waals surface area (Å²) < 4.78 is 4.93. The number of hydrogen-bond donors (Lipinski definition) is 1. The summed E-state index contributed by atoms with van der Waals surface area (Å²) in [4.78, 5) is 19.2. The van der Waals surface area contributed by atoms with E-state index in [1.165, 1.54) is 35.6 Å². The molecule has 1 aromatic carbocycles. The molecule has 126 valence electrons. The lowest BCUT2D eigenvalue weighted by Crippen LogP contribution is -3.08. The smallest absolute Gasteiger partial charge is 0.341 e. The number of hydrogen-bond acceptors (Lipinski definition) is 5. The number of quaternary nitrogens is 1. The van der Waals surface area contributed by atoms with Gasteiger partial charge in [-0.15, -0.1) is 11.3 Å². The van der Waals surface area contributed by atoms with Gasteiger partial charge in [-0.05, 0) is 23.3 Å². The Balaban J connectivity index is 2.02. The molecule has 24 heavy (non-hydrogen) atoms. The number of aliphatic imine (C=N–C) groups is 1. The maximum absolute atomic E-state index is 12.2. The highest BCUT2D eigenvalue weighted by Crippen LogP contribution is 2.37. The lowest BCUT2D eigenvalue weighted by Gasteiger charge is -2.19. The van der Waals surface area contributed by atoms with Gasteiger partial charge in [0.25, 0.3) is 0 Å². The van der Waals surface area contributed by atoms with Gasteiger partial charge in [0, 0.05) is 17.7 Å². The van der Waals surface area contributed by atoms with Gasteiger partial charge in [-0.25, -0.2) is 9.79 Å². The van der Waals surface area contributed by atoms with Crippen molar-refractivity contribution in [3.63, 3.8) is 0 Å². The summed E-state index contributed by atoms with van der Waals surface area (Å²) >= 11 is 7.41. The van der Waals surface area contributed by atoms with E-state index in [1.807, 2.05) is 0 Å². The number of ether oxygens (including phenoxy) is 1. The summed E-state index contributed by atoms with van der Waals surface area (Å²) in [5.74, 6) is -0.541. The Morgan fingerprint density at radius 3 is 3.04 bits per heavy atom. The Kier molecular flexibility index (Phi) is 4.89. The van der Waals surface area contributed by atoms with Gasteiger partial charge in [0.2, 0.25) is 0 Å². The van der Waals surface area contributed by atoms with Crippen molar-refractivity contribution < 1.29 is 19.5 Å². The van der Waals surface area contributed by atoms with E-state index in [0.717, 1.165) is 30.0 Å². The van der Waals surface area contributed by atoms with E-state index in [0.29, 0.717) is 21.2 Å². The minimum absolute atomic E-state index is 0.159. The molecule has 0 bridgehead atoms. The predicted octanol–water partition coefficient (Wildman–Crippen LogP) is 1.58. The molecule has 1 unspecified atom stereocenters. The van der Waals surface area contributed by atoms with Crippen LogP contribution >= 0.6 is 22.9 Å². The lowest BCUT2D eigenvalue weighted by atomic mass is 10.0. The molecular formula is C17H17ClN2O3S. The van der Waals surface area contributed by atoms with Crippen LogP contribution in [0.1, 0.15) is 26.4 Å². The zero-order valence-electron chi connectivity index (χ0n) is 13.4. The van der Waals surface area contributed by atoms with Crippen LogP contribution in [0, 0.1) is 0 Å². The molecule has 0 aliphatic carbocycles. The summed E-state index contributed by atoms with van der Waals surface area (Å²) in [6.07, 6.45) is 2.29. The fourth-order valence-corrected chi connectivity index (χ4v) is 4.23. The molecule has 3 rings (SSSR count). The van der Waals surface area contributed by atoms with Crippen LogP contribution in [-0.4, -0.2) is 32.9 Å². The summed E-state index contributed by atoms with van der Waals surface area (Å²) in [5, 5.41) is 12.9. The van der Waals surface area contributed by atoms with Crippen LogP contribution in [0.3, 0.4) is 0 Å². The third kappa shape index (κ3) is 3.31. The molecule has 0 fully saturated rings. The molecule has 0 amide bonds. The SMILES string of the molecule is COC(=O)c1c(N=Cc2cc(Cl)ccc2[O-])sc2c1CC[NH+](C)C2. The Labute approximate surface area is 149 Å². The summed E-state index contributed by atoms with van der Waals surface area (Å²) in [5.41, 5.74) is 1.95. The average molecular weight is 365 g/mol. The van der Waals surface area contributed by atoms with Crippen LogP contribution in [0.15, 0.2) is 23.2 Å². The van der Waals surface area contributed by atoms with Gasteiger partial charge >= 0.3 is 5.97 Å². The zero-order chi connectivity index (χ0) is 17.3. The van der Waals surface area contributed by atoms with E-state index in [1.54, 1.807) is 12.1 Å². The van der Waals surface area contributed by atoms with E-state index in [4.69, 9.17) is 16.3 Å². The number of halogens is 1. The number of likely N-dealkylation sites (N-methyl/N-ethyl adjacent to an activating group) is 1. The Bertz CT molecular complexity index is 816. The first-order valence-corrected chi connectivity index (χ1v) is 8.74. The molecule has 0 saturated heterocycles. The van der Waals surface area contributed by atoms with Crippen molar-refractivity contribution in [2.45, 2.75) is 13.0 Å². The van der Waals surface area contributed by atoms with E-state index in [2.05, 4.69) is 12.0 Å². The second kappa shape index (κ2) is 6.93. The maximum atomic E-state index is 12.2. The normalized spacial score (nSPS) is 17.0. The van der Waals surface area contributed by atoms with Gasteiger partial charge in [0.15, 0.2) is 0 Å². The van der Waals surface area contributed by atoms with Crippen LogP contribution in [0.2, 0.25) is 5.02 Å². The largest absolute Gasteiger partial charge is 0.872 e. The predicted molar refractivity (Wildman–Crippen MR) is 93.0 cm³/mol. The second-order valence-corrected chi connectivity index (χ2v) is 7.27. The van der Waals surface area contributed by atoms with Gasteiger partial charge in [0.1, 0.15) is 17.1 Å². The minimum atomic E-state index is -0.382. The first-order chi connectivity index (χ1) is 11.5. The van der Waals surface area contributed by atoms with Gasteiger partial charge in [0.05, 0.1) is 25.6 Å². The molecule has 0 spiro atoms. The highest BCUT2D eigenvalue weighted by atomic mass is 35.5. The number of carbonyl (C=O) groups is 1. The number of thiophene rings is 1. The molecule has 0 radical (unpaired) electrons. The van der Waals surface area contributed by atoms with Gasteiger partial charge < -0.3 is 14.7 Å². The molecule has 1 aromatic heterocycles. The summed E-state index contributed by atoms with van der Waals surface area (Å²) in [6, 6.07) is 4.52. The second-order valence-electron chi connectivity index (χ2n) is 5.75. The van der Waals surface area contributed by atoms with Crippen molar-refractivity contribution in [3.05, 3.63) is 44.8 Å². The molecule has 5 nitrogen and oxygen atoms in total. The van der Waals surface area contributed by atoms with Gasteiger partial charge in [-0.1, -0.05) is 23.4 Å². The molecular weight excluding hydrogens is 348 g/mol. The molecule has 2 heterocycles. The first kappa shape index (κ1) is 17.0. The van der Waals surface area contributed by atoms with Crippen LogP contribution < -0.4 is 10.0 Å². The fraction of sp³-hybridized carbons (Fsp3) is 0.294. The molecule has 1 aliphatic rings.